The molecule has 0 aliphatic carbocycles. The Bertz CT molecular complexity index is 655. The van der Waals surface area contributed by atoms with Crippen LogP contribution in [0.2, 0.25) is 0 Å². The summed E-state index contributed by atoms with van der Waals surface area (Å²) in [5, 5.41) is 18.0. The first-order valence-corrected chi connectivity index (χ1v) is 6.00. The van der Waals surface area contributed by atoms with E-state index in [4.69, 9.17) is 0 Å². The van der Waals surface area contributed by atoms with Gasteiger partial charge in [0.15, 0.2) is 0 Å². The molecule has 6 nitrogen and oxygen atoms in total. The molecule has 1 aromatic carbocycles. The van der Waals surface area contributed by atoms with Gasteiger partial charge in [-0.3, -0.25) is 9.78 Å². The van der Waals surface area contributed by atoms with Gasteiger partial charge in [0.2, 0.25) is 0 Å². The molecule has 6 heteroatoms. The smallest absolute Gasteiger partial charge is 0.0774 e. The number of aromatic nitrogens is 5. The zero-order valence-corrected chi connectivity index (χ0v) is 10.5. The van der Waals surface area contributed by atoms with Gasteiger partial charge in [0, 0.05) is 24.5 Å². The van der Waals surface area contributed by atoms with Crippen molar-refractivity contribution in [3.63, 3.8) is 0 Å². The van der Waals surface area contributed by atoms with Crippen LogP contribution < -0.4 is 5.32 Å². The third kappa shape index (κ3) is 2.47. The van der Waals surface area contributed by atoms with Gasteiger partial charge in [0.05, 0.1) is 24.1 Å². The maximum Gasteiger partial charge on any atom is 0.0774 e. The molecule has 0 aliphatic rings. The van der Waals surface area contributed by atoms with Crippen LogP contribution in [0.25, 0.3) is 11.3 Å². The Morgan fingerprint density at radius 1 is 1.32 bits per heavy atom. The quantitative estimate of drug-likeness (QED) is 0.745. The zero-order valence-electron chi connectivity index (χ0n) is 10.5. The highest BCUT2D eigenvalue weighted by Crippen LogP contribution is 2.20. The SMILES string of the molecule is Cn1nncc1CNc1cccc(-c2ccn[nH]2)c1. The maximum absolute atomic E-state index is 3.96. The number of nitrogens with zero attached hydrogens (tertiary/aromatic N) is 4. The molecule has 0 atom stereocenters. The van der Waals surface area contributed by atoms with Crippen molar-refractivity contribution in [2.24, 2.45) is 7.05 Å². The fraction of sp³-hybridized carbons (Fsp3) is 0.154. The van der Waals surface area contributed by atoms with E-state index in [0.717, 1.165) is 22.6 Å². The Kier molecular flexibility index (Phi) is 2.97. The summed E-state index contributed by atoms with van der Waals surface area (Å²) in [4.78, 5) is 0. The van der Waals surface area contributed by atoms with Crippen LogP contribution in [0.15, 0.2) is 42.7 Å². The van der Waals surface area contributed by atoms with E-state index in [9.17, 15) is 0 Å². The van der Waals surface area contributed by atoms with Crippen LogP contribution in [0.1, 0.15) is 5.69 Å². The Morgan fingerprint density at radius 3 is 3.00 bits per heavy atom. The van der Waals surface area contributed by atoms with Gasteiger partial charge in [-0.05, 0) is 18.2 Å². The van der Waals surface area contributed by atoms with E-state index >= 15 is 0 Å². The van der Waals surface area contributed by atoms with Crippen molar-refractivity contribution in [2.75, 3.05) is 5.32 Å². The number of hydrogen-bond donors (Lipinski definition) is 2. The predicted octanol–water partition coefficient (Wildman–Crippen LogP) is 1.82. The Balaban J connectivity index is 1.75. The van der Waals surface area contributed by atoms with E-state index < -0.39 is 0 Å². The second-order valence-corrected chi connectivity index (χ2v) is 4.25. The fourth-order valence-electron chi connectivity index (χ4n) is 1.88. The van der Waals surface area contributed by atoms with Gasteiger partial charge in [-0.15, -0.1) is 5.10 Å². The molecule has 0 saturated carbocycles. The number of aryl methyl sites for hydroxylation is 1. The zero-order chi connectivity index (χ0) is 13.1. The van der Waals surface area contributed by atoms with Crippen LogP contribution in [0.5, 0.6) is 0 Å². The molecular weight excluding hydrogens is 240 g/mol. The first-order valence-electron chi connectivity index (χ1n) is 6.00. The highest BCUT2D eigenvalue weighted by Gasteiger charge is 2.02. The summed E-state index contributed by atoms with van der Waals surface area (Å²) in [7, 11) is 1.88. The number of nitrogens with one attached hydrogen (secondary N) is 2. The number of H-pyrrole nitrogens is 1. The second kappa shape index (κ2) is 4.93. The molecule has 0 aliphatic heterocycles. The number of hydrogen-bond acceptors (Lipinski definition) is 4. The summed E-state index contributed by atoms with van der Waals surface area (Å²) < 4.78 is 1.76. The molecular formula is C13H14N6. The number of benzene rings is 1. The van der Waals surface area contributed by atoms with Crippen molar-refractivity contribution < 1.29 is 0 Å². The fourth-order valence-corrected chi connectivity index (χ4v) is 1.88. The minimum Gasteiger partial charge on any atom is -0.379 e. The average molecular weight is 254 g/mol. The van der Waals surface area contributed by atoms with Gasteiger partial charge in [0.25, 0.3) is 0 Å². The lowest BCUT2D eigenvalue weighted by Crippen LogP contribution is -2.05. The third-order valence-electron chi connectivity index (χ3n) is 2.96. The lowest BCUT2D eigenvalue weighted by molar-refractivity contribution is 0.683. The molecule has 0 bridgehead atoms. The second-order valence-electron chi connectivity index (χ2n) is 4.25. The van der Waals surface area contributed by atoms with Crippen molar-refractivity contribution in [2.45, 2.75) is 6.54 Å². The van der Waals surface area contributed by atoms with Gasteiger partial charge in [-0.2, -0.15) is 5.10 Å². The number of anilines is 1. The Labute approximate surface area is 110 Å². The first-order chi connectivity index (χ1) is 9.33. The lowest BCUT2D eigenvalue weighted by Gasteiger charge is -2.07. The van der Waals surface area contributed by atoms with E-state index in [-0.39, 0.29) is 0 Å². The minimum absolute atomic E-state index is 0.690. The molecule has 19 heavy (non-hydrogen) atoms. The van der Waals surface area contributed by atoms with E-state index in [2.05, 4.69) is 31.9 Å². The van der Waals surface area contributed by atoms with Crippen molar-refractivity contribution in [1.29, 1.82) is 0 Å². The van der Waals surface area contributed by atoms with Crippen LogP contribution in [0.3, 0.4) is 0 Å². The molecule has 0 fully saturated rings. The average Bonchev–Trinajstić information content (AvgIpc) is 3.08. The Morgan fingerprint density at radius 2 is 2.26 bits per heavy atom. The molecule has 0 amide bonds. The molecule has 2 N–H and O–H groups in total. The summed E-state index contributed by atoms with van der Waals surface area (Å²) in [5.41, 5.74) is 4.19. The highest BCUT2D eigenvalue weighted by atomic mass is 15.4. The first kappa shape index (κ1) is 11.5. The lowest BCUT2D eigenvalue weighted by atomic mass is 10.1. The maximum atomic E-state index is 3.96. The van der Waals surface area contributed by atoms with Crippen LogP contribution >= 0.6 is 0 Å². The summed E-state index contributed by atoms with van der Waals surface area (Å²) in [6.45, 7) is 0.690. The molecule has 2 heterocycles. The van der Waals surface area contributed by atoms with E-state index in [0.29, 0.717) is 6.54 Å². The van der Waals surface area contributed by atoms with Gasteiger partial charge in [0.1, 0.15) is 0 Å². The molecule has 96 valence electrons. The normalized spacial score (nSPS) is 10.6. The summed E-state index contributed by atoms with van der Waals surface area (Å²) in [6.07, 6.45) is 3.50. The van der Waals surface area contributed by atoms with Crippen molar-refractivity contribution in [1.82, 2.24) is 25.2 Å². The molecule has 0 spiro atoms. The molecule has 3 aromatic rings. The minimum atomic E-state index is 0.690. The van der Waals surface area contributed by atoms with Gasteiger partial charge in [-0.1, -0.05) is 17.3 Å². The topological polar surface area (TPSA) is 71.4 Å². The van der Waals surface area contributed by atoms with Crippen LogP contribution in [-0.4, -0.2) is 25.2 Å². The van der Waals surface area contributed by atoms with Crippen molar-refractivity contribution in [3.05, 3.63) is 48.4 Å². The highest BCUT2D eigenvalue weighted by molar-refractivity contribution is 5.64. The molecule has 2 aromatic heterocycles. The summed E-state index contributed by atoms with van der Waals surface area (Å²) in [6, 6.07) is 10.1. The molecule has 0 saturated heterocycles. The van der Waals surface area contributed by atoms with Crippen molar-refractivity contribution in [3.8, 4) is 11.3 Å². The largest absolute Gasteiger partial charge is 0.379 e. The summed E-state index contributed by atoms with van der Waals surface area (Å²) >= 11 is 0. The van der Waals surface area contributed by atoms with Gasteiger partial charge < -0.3 is 5.32 Å². The monoisotopic (exact) mass is 254 g/mol. The van der Waals surface area contributed by atoms with Crippen LogP contribution in [0, 0.1) is 0 Å². The molecule has 3 rings (SSSR count). The van der Waals surface area contributed by atoms with E-state index in [1.165, 1.54) is 0 Å². The van der Waals surface area contributed by atoms with Gasteiger partial charge >= 0.3 is 0 Å². The van der Waals surface area contributed by atoms with Crippen LogP contribution in [-0.2, 0) is 13.6 Å². The van der Waals surface area contributed by atoms with Crippen LogP contribution in [0.4, 0.5) is 5.69 Å². The number of aromatic amines is 1. The van der Waals surface area contributed by atoms with Gasteiger partial charge in [-0.25, -0.2) is 0 Å². The molecule has 0 unspecified atom stereocenters. The third-order valence-corrected chi connectivity index (χ3v) is 2.96. The standard InChI is InChI=1S/C13H14N6/c1-19-12(9-16-18-19)8-14-11-4-2-3-10(7-11)13-5-6-15-17-13/h2-7,9,14H,8H2,1H3,(H,15,17). The Hall–Kier alpha value is -2.63. The summed E-state index contributed by atoms with van der Waals surface area (Å²) in [5.74, 6) is 0. The predicted molar refractivity (Wildman–Crippen MR) is 72.4 cm³/mol. The molecule has 0 radical (unpaired) electrons. The van der Waals surface area contributed by atoms with E-state index in [1.54, 1.807) is 17.1 Å². The van der Waals surface area contributed by atoms with Crippen molar-refractivity contribution >= 4 is 5.69 Å². The van der Waals surface area contributed by atoms with E-state index in [1.807, 2.05) is 31.3 Å². The number of rotatable bonds is 4.